The fourth-order valence-corrected chi connectivity index (χ4v) is 7.64. The van der Waals surface area contributed by atoms with E-state index >= 15 is 0 Å². The fourth-order valence-electron chi connectivity index (χ4n) is 7.64. The molecular weight excluding hydrogens is 743 g/mol. The maximum absolute atomic E-state index is 14.5. The molecule has 3 unspecified atom stereocenters. The summed E-state index contributed by atoms with van der Waals surface area (Å²) >= 11 is 0. The summed E-state index contributed by atoms with van der Waals surface area (Å²) in [6, 6.07) is 3.79. The van der Waals surface area contributed by atoms with E-state index < -0.39 is 107 Å². The van der Waals surface area contributed by atoms with Crippen molar-refractivity contribution in [2.24, 2.45) is 23.2 Å². The number of carbonyl (C=O) groups excluding carboxylic acids is 7. The van der Waals surface area contributed by atoms with Crippen molar-refractivity contribution < 1.29 is 43.0 Å². The van der Waals surface area contributed by atoms with Crippen LogP contribution in [0.3, 0.4) is 0 Å². The van der Waals surface area contributed by atoms with Gasteiger partial charge in [-0.15, -0.1) is 0 Å². The predicted octanol–water partition coefficient (Wildman–Crippen LogP) is 4.28. The smallest absolute Gasteiger partial charge is 0.329 e. The molecule has 14 nitrogen and oxygen atoms in total. The standard InChI is InChI=1S/C44H69N5O9/c1-13-14-16-23-33-44(9,10)43(56)46-34(26(2)3)40(53)48(12)36(28(6)7)42(55)57-32(25-30-20-17-15-18-21-30)39(52)49-24-19-22-31(49)38(51)47(11)29(8)37(50)45-35(27(4)5)41(54)58-33/h15,17-18,20-21,26-29,31-36H,13-14,16,19,22-25H2,1-12H3,(H,45,50)(H,46,56)/t29-,31-,32?,33?,34-,35-,36?/m0/s1. The van der Waals surface area contributed by atoms with Gasteiger partial charge in [0.25, 0.3) is 5.91 Å². The van der Waals surface area contributed by atoms with Gasteiger partial charge in [-0.3, -0.25) is 24.0 Å². The molecule has 2 N–H and O–H groups in total. The molecule has 0 bridgehead atoms. The van der Waals surface area contributed by atoms with Gasteiger partial charge in [-0.2, -0.15) is 0 Å². The maximum Gasteiger partial charge on any atom is 0.329 e. The molecule has 2 fully saturated rings. The van der Waals surface area contributed by atoms with Gasteiger partial charge in [0.1, 0.15) is 36.3 Å². The summed E-state index contributed by atoms with van der Waals surface area (Å²) in [4.78, 5) is 103. The second kappa shape index (κ2) is 21.0. The molecule has 0 aromatic heterocycles. The minimum atomic E-state index is -1.33. The molecule has 0 saturated carbocycles. The summed E-state index contributed by atoms with van der Waals surface area (Å²) in [7, 11) is 2.96. The third kappa shape index (κ3) is 11.6. The quantitative estimate of drug-likeness (QED) is 0.273. The first-order valence-corrected chi connectivity index (χ1v) is 21.1. The number of fused-ring (bicyclic) bond motifs is 1. The van der Waals surface area contributed by atoms with Crippen molar-refractivity contribution in [3.8, 4) is 0 Å². The lowest BCUT2D eigenvalue weighted by atomic mass is 9.81. The third-order valence-corrected chi connectivity index (χ3v) is 11.7. The molecule has 7 atom stereocenters. The lowest BCUT2D eigenvalue weighted by Gasteiger charge is -2.38. The summed E-state index contributed by atoms with van der Waals surface area (Å²) < 4.78 is 12.2. The number of unbranched alkanes of at least 4 members (excludes halogenated alkanes) is 2. The second-order valence-electron chi connectivity index (χ2n) is 17.6. The highest BCUT2D eigenvalue weighted by Crippen LogP contribution is 2.31. The molecule has 5 amide bonds. The van der Waals surface area contributed by atoms with Crippen molar-refractivity contribution in [1.29, 1.82) is 0 Å². The first kappa shape index (κ1) is 47.9. The van der Waals surface area contributed by atoms with Gasteiger partial charge in [-0.1, -0.05) is 91.6 Å². The molecule has 1 aromatic rings. The van der Waals surface area contributed by atoms with Crippen LogP contribution in [0.1, 0.15) is 113 Å². The molecule has 1 aromatic carbocycles. The topological polar surface area (TPSA) is 172 Å². The molecule has 324 valence electrons. The van der Waals surface area contributed by atoms with E-state index in [9.17, 15) is 33.6 Å². The Morgan fingerprint density at radius 2 is 1.38 bits per heavy atom. The molecule has 0 spiro atoms. The first-order valence-electron chi connectivity index (χ1n) is 21.1. The normalized spacial score (nSPS) is 27.5. The van der Waals surface area contributed by atoms with Crippen molar-refractivity contribution in [3.05, 3.63) is 35.9 Å². The number of amides is 5. The monoisotopic (exact) mass is 812 g/mol. The summed E-state index contributed by atoms with van der Waals surface area (Å²) in [5.41, 5.74) is -0.603. The Morgan fingerprint density at radius 1 is 0.759 bits per heavy atom. The zero-order chi connectivity index (χ0) is 43.6. The van der Waals surface area contributed by atoms with Crippen LogP contribution < -0.4 is 10.6 Å². The van der Waals surface area contributed by atoms with E-state index in [2.05, 4.69) is 10.6 Å². The highest BCUT2D eigenvalue weighted by molar-refractivity contribution is 5.96. The molecule has 0 aliphatic carbocycles. The van der Waals surface area contributed by atoms with Crippen LogP contribution in [-0.2, 0) is 49.5 Å². The Balaban J connectivity index is 2.17. The third-order valence-electron chi connectivity index (χ3n) is 11.7. The average Bonchev–Trinajstić information content (AvgIpc) is 3.66. The van der Waals surface area contributed by atoms with Crippen LogP contribution in [0.15, 0.2) is 30.3 Å². The minimum absolute atomic E-state index is 0.0197. The van der Waals surface area contributed by atoms with Crippen LogP contribution >= 0.6 is 0 Å². The van der Waals surface area contributed by atoms with E-state index in [1.54, 1.807) is 62.3 Å². The summed E-state index contributed by atoms with van der Waals surface area (Å²) in [5, 5.41) is 5.71. The Kier molecular flexibility index (Phi) is 17.3. The number of rotatable bonds is 9. The average molecular weight is 812 g/mol. The van der Waals surface area contributed by atoms with Crippen molar-refractivity contribution in [2.45, 2.75) is 157 Å². The van der Waals surface area contributed by atoms with E-state index in [-0.39, 0.29) is 13.0 Å². The number of carbonyl (C=O) groups is 7. The Labute approximate surface area is 345 Å². The molecule has 58 heavy (non-hydrogen) atoms. The van der Waals surface area contributed by atoms with E-state index in [4.69, 9.17) is 9.47 Å². The lowest BCUT2D eigenvalue weighted by Crippen LogP contribution is -2.60. The molecule has 2 aliphatic rings. The number of likely N-dealkylation sites (N-methyl/N-ethyl adjacent to an activating group) is 2. The fraction of sp³-hybridized carbons (Fsp3) is 0.705. The number of hydrogen-bond acceptors (Lipinski definition) is 9. The number of esters is 2. The van der Waals surface area contributed by atoms with E-state index in [1.807, 2.05) is 37.3 Å². The minimum Gasteiger partial charge on any atom is -0.460 e. The Morgan fingerprint density at radius 3 is 1.95 bits per heavy atom. The lowest BCUT2D eigenvalue weighted by molar-refractivity contribution is -0.169. The molecule has 2 aliphatic heterocycles. The van der Waals surface area contributed by atoms with Gasteiger partial charge in [-0.25, -0.2) is 9.59 Å². The molecule has 2 saturated heterocycles. The summed E-state index contributed by atoms with van der Waals surface area (Å²) in [6.07, 6.45) is 1.34. The van der Waals surface area contributed by atoms with Crippen molar-refractivity contribution in [1.82, 2.24) is 25.3 Å². The van der Waals surface area contributed by atoms with Crippen LogP contribution in [0.25, 0.3) is 0 Å². The summed E-state index contributed by atoms with van der Waals surface area (Å²) in [5.74, 6) is -5.51. The van der Waals surface area contributed by atoms with E-state index in [0.29, 0.717) is 25.7 Å². The molecule has 2 heterocycles. The number of nitrogens with zero attached hydrogens (tertiary/aromatic N) is 3. The van der Waals surface area contributed by atoms with Gasteiger partial charge in [-0.05, 0) is 69.8 Å². The van der Waals surface area contributed by atoms with E-state index in [0.717, 1.165) is 18.4 Å². The molecule has 3 rings (SSSR count). The van der Waals surface area contributed by atoms with Crippen molar-refractivity contribution in [3.63, 3.8) is 0 Å². The van der Waals surface area contributed by atoms with Crippen molar-refractivity contribution >= 4 is 41.5 Å². The maximum atomic E-state index is 14.5. The van der Waals surface area contributed by atoms with Gasteiger partial charge in [0.05, 0.1) is 5.41 Å². The Hall–Kier alpha value is -4.49. The number of nitrogens with one attached hydrogen (secondary N) is 2. The van der Waals surface area contributed by atoms with Gasteiger partial charge < -0.3 is 34.8 Å². The van der Waals surface area contributed by atoms with Crippen LogP contribution in [0.5, 0.6) is 0 Å². The number of benzene rings is 1. The zero-order valence-electron chi connectivity index (χ0n) is 36.8. The zero-order valence-corrected chi connectivity index (χ0v) is 36.8. The Bertz CT molecular complexity index is 1610. The summed E-state index contributed by atoms with van der Waals surface area (Å²) in [6.45, 7) is 17.8. The van der Waals surface area contributed by atoms with E-state index in [1.165, 1.54) is 28.8 Å². The van der Waals surface area contributed by atoms with Crippen LogP contribution in [0.2, 0.25) is 0 Å². The SMILES string of the molecule is CCCCCC1OC(=O)[C@H](C(C)C)NC(=O)[C@H](C)N(C)C(=O)[C@@H]2CCCN2C(=O)C(Cc2ccccc2)OC(=O)C(C(C)C)N(C)C(=O)[C@H](C(C)C)NC(=O)C1(C)C. The molecule has 0 radical (unpaired) electrons. The number of ether oxygens (including phenoxy) is 2. The van der Waals surface area contributed by atoms with Crippen LogP contribution in [0, 0.1) is 23.2 Å². The largest absolute Gasteiger partial charge is 0.460 e. The van der Waals surface area contributed by atoms with Gasteiger partial charge >= 0.3 is 11.9 Å². The van der Waals surface area contributed by atoms with Crippen LogP contribution in [0.4, 0.5) is 0 Å². The highest BCUT2D eigenvalue weighted by Gasteiger charge is 2.46. The predicted molar refractivity (Wildman–Crippen MR) is 220 cm³/mol. The molecular formula is C44H69N5O9. The highest BCUT2D eigenvalue weighted by atomic mass is 16.6. The van der Waals surface area contributed by atoms with Gasteiger partial charge in [0.15, 0.2) is 6.10 Å². The number of hydrogen-bond donors (Lipinski definition) is 2. The van der Waals surface area contributed by atoms with Crippen LogP contribution in [-0.4, -0.2) is 119 Å². The first-order chi connectivity index (χ1) is 27.1. The van der Waals surface area contributed by atoms with Gasteiger partial charge in [0.2, 0.25) is 23.6 Å². The molecule has 14 heteroatoms. The number of cyclic esters (lactones) is 2. The van der Waals surface area contributed by atoms with Crippen molar-refractivity contribution in [2.75, 3.05) is 20.6 Å². The van der Waals surface area contributed by atoms with Gasteiger partial charge in [0, 0.05) is 27.1 Å². The second-order valence-corrected chi connectivity index (χ2v) is 17.6.